The topological polar surface area (TPSA) is 71.5 Å². The van der Waals surface area contributed by atoms with Crippen LogP contribution in [0.1, 0.15) is 16.8 Å². The van der Waals surface area contributed by atoms with E-state index in [1.807, 2.05) is 18.2 Å². The first-order valence-corrected chi connectivity index (χ1v) is 6.50. The summed E-state index contributed by atoms with van der Waals surface area (Å²) >= 11 is 0. The van der Waals surface area contributed by atoms with Gasteiger partial charge in [0.25, 0.3) is 5.91 Å². The second-order valence-electron chi connectivity index (χ2n) is 4.55. The van der Waals surface area contributed by atoms with Gasteiger partial charge in [0, 0.05) is 30.9 Å². The predicted molar refractivity (Wildman–Crippen MR) is 76.6 cm³/mol. The fourth-order valence-corrected chi connectivity index (χ4v) is 2.04. The molecule has 20 heavy (non-hydrogen) atoms. The number of rotatable bonds is 6. The maximum atomic E-state index is 12.2. The van der Waals surface area contributed by atoms with Crippen LogP contribution in [0.4, 0.5) is 0 Å². The number of methoxy groups -OCH3 is 1. The molecule has 1 aromatic carbocycles. The number of nitrogens with one attached hydrogen (secondary N) is 1. The summed E-state index contributed by atoms with van der Waals surface area (Å²) in [4.78, 5) is 16.4. The molecule has 0 radical (unpaired) electrons. The van der Waals surface area contributed by atoms with Gasteiger partial charge < -0.3 is 15.2 Å². The minimum Gasteiger partial charge on any atom is -0.396 e. The molecule has 1 amide bonds. The van der Waals surface area contributed by atoms with Crippen LogP contribution in [0.15, 0.2) is 36.5 Å². The van der Waals surface area contributed by atoms with Gasteiger partial charge in [0.2, 0.25) is 0 Å². The van der Waals surface area contributed by atoms with Gasteiger partial charge in [-0.2, -0.15) is 0 Å². The lowest BCUT2D eigenvalue weighted by molar-refractivity contribution is 0.0879. The molecule has 0 aliphatic rings. The number of hydrogen-bond donors (Lipinski definition) is 2. The van der Waals surface area contributed by atoms with Crippen molar-refractivity contribution in [1.29, 1.82) is 0 Å². The molecule has 2 rings (SSSR count). The molecule has 0 saturated heterocycles. The number of hydrogen-bond acceptors (Lipinski definition) is 4. The number of carbonyl (C=O) groups excluding carboxylic acids is 1. The molecule has 106 valence electrons. The summed E-state index contributed by atoms with van der Waals surface area (Å²) in [7, 11) is 1.57. The SMILES string of the molecule is COCC(CCO)NC(=O)c1ccc2ncccc2c1. The summed E-state index contributed by atoms with van der Waals surface area (Å²) < 4.78 is 5.03. The van der Waals surface area contributed by atoms with Crippen LogP contribution < -0.4 is 5.32 Å². The van der Waals surface area contributed by atoms with Crippen LogP contribution in [-0.2, 0) is 4.74 Å². The molecule has 5 nitrogen and oxygen atoms in total. The van der Waals surface area contributed by atoms with Crippen molar-refractivity contribution < 1.29 is 14.6 Å². The van der Waals surface area contributed by atoms with E-state index in [2.05, 4.69) is 10.3 Å². The Kier molecular flexibility index (Phi) is 5.03. The van der Waals surface area contributed by atoms with Crippen LogP contribution in [0.25, 0.3) is 10.9 Å². The van der Waals surface area contributed by atoms with E-state index in [4.69, 9.17) is 9.84 Å². The molecule has 0 aliphatic heterocycles. The Bertz CT molecular complexity index is 580. The van der Waals surface area contributed by atoms with Crippen LogP contribution in [0.5, 0.6) is 0 Å². The third kappa shape index (κ3) is 3.53. The predicted octanol–water partition coefficient (Wildman–Crippen LogP) is 1.36. The zero-order chi connectivity index (χ0) is 14.4. The van der Waals surface area contributed by atoms with E-state index in [9.17, 15) is 4.79 Å². The maximum absolute atomic E-state index is 12.2. The quantitative estimate of drug-likeness (QED) is 0.834. The van der Waals surface area contributed by atoms with Crippen molar-refractivity contribution in [2.75, 3.05) is 20.3 Å². The molecule has 1 unspecified atom stereocenters. The minimum absolute atomic E-state index is 0.00987. The Morgan fingerprint density at radius 3 is 3.05 bits per heavy atom. The van der Waals surface area contributed by atoms with Gasteiger partial charge in [-0.15, -0.1) is 0 Å². The van der Waals surface area contributed by atoms with Crippen LogP contribution in [0.2, 0.25) is 0 Å². The number of pyridine rings is 1. The van der Waals surface area contributed by atoms with Gasteiger partial charge >= 0.3 is 0 Å². The van der Waals surface area contributed by atoms with Gasteiger partial charge in [0.1, 0.15) is 0 Å². The molecule has 1 aromatic heterocycles. The van der Waals surface area contributed by atoms with Crippen molar-refractivity contribution in [2.45, 2.75) is 12.5 Å². The minimum atomic E-state index is -0.193. The fraction of sp³-hybridized carbons (Fsp3) is 0.333. The lowest BCUT2D eigenvalue weighted by Crippen LogP contribution is -2.38. The highest BCUT2D eigenvalue weighted by molar-refractivity contribution is 5.98. The molecular weight excluding hydrogens is 256 g/mol. The van der Waals surface area contributed by atoms with Gasteiger partial charge in [-0.3, -0.25) is 9.78 Å². The first-order chi connectivity index (χ1) is 9.74. The van der Waals surface area contributed by atoms with Gasteiger partial charge in [-0.25, -0.2) is 0 Å². The van der Waals surface area contributed by atoms with Crippen molar-refractivity contribution in [3.8, 4) is 0 Å². The van der Waals surface area contributed by atoms with E-state index in [-0.39, 0.29) is 18.6 Å². The molecule has 1 atom stereocenters. The Balaban J connectivity index is 2.13. The number of benzene rings is 1. The fourth-order valence-electron chi connectivity index (χ4n) is 2.04. The van der Waals surface area contributed by atoms with Crippen molar-refractivity contribution in [1.82, 2.24) is 10.3 Å². The third-order valence-corrected chi connectivity index (χ3v) is 3.05. The summed E-state index contributed by atoms with van der Waals surface area (Å²) in [5.41, 5.74) is 1.43. The lowest BCUT2D eigenvalue weighted by atomic mass is 10.1. The summed E-state index contributed by atoms with van der Waals surface area (Å²) in [5.74, 6) is -0.175. The number of fused-ring (bicyclic) bond motifs is 1. The zero-order valence-electron chi connectivity index (χ0n) is 11.4. The van der Waals surface area contributed by atoms with E-state index < -0.39 is 0 Å². The average Bonchev–Trinajstić information content (AvgIpc) is 2.47. The molecule has 0 fully saturated rings. The van der Waals surface area contributed by atoms with Crippen LogP contribution in [0.3, 0.4) is 0 Å². The second kappa shape index (κ2) is 6.98. The standard InChI is InChI=1S/C15H18N2O3/c1-20-10-13(6-8-18)17-15(19)12-4-5-14-11(9-12)3-2-7-16-14/h2-5,7,9,13,18H,6,8,10H2,1H3,(H,17,19). The van der Waals surface area contributed by atoms with Crippen molar-refractivity contribution >= 4 is 16.8 Å². The van der Waals surface area contributed by atoms with E-state index in [0.717, 1.165) is 10.9 Å². The number of ether oxygens (including phenoxy) is 1. The van der Waals surface area contributed by atoms with Crippen LogP contribution >= 0.6 is 0 Å². The molecule has 2 aromatic rings. The first kappa shape index (κ1) is 14.4. The Hall–Kier alpha value is -1.98. The number of aromatic nitrogens is 1. The molecule has 0 bridgehead atoms. The summed E-state index contributed by atoms with van der Waals surface area (Å²) in [5, 5.41) is 12.8. The highest BCUT2D eigenvalue weighted by Crippen LogP contribution is 2.13. The number of nitrogens with zero attached hydrogens (tertiary/aromatic N) is 1. The Labute approximate surface area is 117 Å². The van der Waals surface area contributed by atoms with Crippen molar-refractivity contribution in [3.63, 3.8) is 0 Å². The smallest absolute Gasteiger partial charge is 0.251 e. The van der Waals surface area contributed by atoms with E-state index in [0.29, 0.717) is 18.6 Å². The lowest BCUT2D eigenvalue weighted by Gasteiger charge is -2.16. The summed E-state index contributed by atoms with van der Waals surface area (Å²) in [6.45, 7) is 0.386. The monoisotopic (exact) mass is 274 g/mol. The molecule has 0 aliphatic carbocycles. The van der Waals surface area contributed by atoms with Crippen LogP contribution in [0, 0.1) is 0 Å². The van der Waals surface area contributed by atoms with E-state index in [1.165, 1.54) is 0 Å². The highest BCUT2D eigenvalue weighted by Gasteiger charge is 2.13. The maximum Gasteiger partial charge on any atom is 0.251 e. The molecule has 1 heterocycles. The highest BCUT2D eigenvalue weighted by atomic mass is 16.5. The summed E-state index contributed by atoms with van der Waals surface area (Å²) in [6, 6.07) is 8.93. The van der Waals surface area contributed by atoms with Crippen LogP contribution in [-0.4, -0.2) is 42.4 Å². The van der Waals surface area contributed by atoms with Gasteiger partial charge in [-0.1, -0.05) is 6.07 Å². The van der Waals surface area contributed by atoms with Gasteiger partial charge in [-0.05, 0) is 30.7 Å². The third-order valence-electron chi connectivity index (χ3n) is 3.05. The number of amides is 1. The van der Waals surface area contributed by atoms with Crippen molar-refractivity contribution in [3.05, 3.63) is 42.1 Å². The zero-order valence-corrected chi connectivity index (χ0v) is 11.4. The first-order valence-electron chi connectivity index (χ1n) is 6.50. The number of aliphatic hydroxyl groups excluding tert-OH is 1. The summed E-state index contributed by atoms with van der Waals surface area (Å²) in [6.07, 6.45) is 2.19. The molecule has 5 heteroatoms. The average molecular weight is 274 g/mol. The number of carbonyl (C=O) groups is 1. The normalized spacial score (nSPS) is 12.3. The van der Waals surface area contributed by atoms with E-state index >= 15 is 0 Å². The molecule has 0 saturated carbocycles. The Morgan fingerprint density at radius 2 is 2.30 bits per heavy atom. The second-order valence-corrected chi connectivity index (χ2v) is 4.55. The molecular formula is C15H18N2O3. The van der Waals surface area contributed by atoms with E-state index in [1.54, 1.807) is 25.4 Å². The van der Waals surface area contributed by atoms with Gasteiger partial charge in [0.15, 0.2) is 0 Å². The van der Waals surface area contributed by atoms with Gasteiger partial charge in [0.05, 0.1) is 18.2 Å². The Morgan fingerprint density at radius 1 is 1.45 bits per heavy atom. The molecule has 2 N–H and O–H groups in total. The largest absolute Gasteiger partial charge is 0.396 e. The number of aliphatic hydroxyl groups is 1. The van der Waals surface area contributed by atoms with Crippen molar-refractivity contribution in [2.24, 2.45) is 0 Å². The molecule has 0 spiro atoms.